The van der Waals surface area contributed by atoms with E-state index >= 15 is 0 Å². The van der Waals surface area contributed by atoms with Gasteiger partial charge in [0, 0.05) is 0 Å². The molecule has 0 aromatic heterocycles. The van der Waals surface area contributed by atoms with Gasteiger partial charge in [-0.3, -0.25) is 0 Å². The zero-order valence-corrected chi connectivity index (χ0v) is 10.5. The summed E-state index contributed by atoms with van der Waals surface area (Å²) in [7, 11) is 1.75. The molecule has 1 unspecified atom stereocenters. The second-order valence-corrected chi connectivity index (χ2v) is 4.40. The van der Waals surface area contributed by atoms with Crippen LogP contribution in [0, 0.1) is 5.92 Å². The lowest BCUT2D eigenvalue weighted by molar-refractivity contribution is 0.341. The van der Waals surface area contributed by atoms with Crippen molar-refractivity contribution in [2.45, 2.75) is 71.5 Å². The standard InChI is InChI=1S/C12H27BNO/c1-3-5-7-8-10-12(9-6-4-2)11-13-15-14/h12H,3-11,14H2,1-2H3. The molecule has 0 heterocycles. The molecule has 0 saturated carbocycles. The molecule has 89 valence electrons. The van der Waals surface area contributed by atoms with Crippen molar-refractivity contribution in [3.63, 3.8) is 0 Å². The Labute approximate surface area is 96.2 Å². The van der Waals surface area contributed by atoms with Gasteiger partial charge in [0.15, 0.2) is 0 Å². The summed E-state index contributed by atoms with van der Waals surface area (Å²) in [6.07, 6.45) is 11.7. The van der Waals surface area contributed by atoms with Gasteiger partial charge in [-0.05, 0) is 12.2 Å². The molecule has 2 nitrogen and oxygen atoms in total. The van der Waals surface area contributed by atoms with Gasteiger partial charge in [0.05, 0.1) is 0 Å². The van der Waals surface area contributed by atoms with Crippen molar-refractivity contribution in [3.8, 4) is 0 Å². The topological polar surface area (TPSA) is 35.2 Å². The highest BCUT2D eigenvalue weighted by atomic mass is 16.6. The zero-order chi connectivity index (χ0) is 11.4. The minimum atomic E-state index is 0.783. The molecule has 0 bridgehead atoms. The average Bonchev–Trinajstić information content (AvgIpc) is 2.27. The third-order valence-electron chi connectivity index (χ3n) is 2.96. The fourth-order valence-electron chi connectivity index (χ4n) is 1.92. The largest absolute Gasteiger partial charge is 0.372 e. The third kappa shape index (κ3) is 10.3. The van der Waals surface area contributed by atoms with Crippen LogP contribution in [0.1, 0.15) is 65.2 Å². The van der Waals surface area contributed by atoms with Crippen LogP contribution in [0.5, 0.6) is 0 Å². The minimum Gasteiger partial charge on any atom is -0.372 e. The molecule has 0 fully saturated rings. The van der Waals surface area contributed by atoms with Crippen LogP contribution in [-0.2, 0) is 4.76 Å². The van der Waals surface area contributed by atoms with E-state index in [9.17, 15) is 0 Å². The maximum atomic E-state index is 5.03. The van der Waals surface area contributed by atoms with Crippen LogP contribution in [0.15, 0.2) is 0 Å². The van der Waals surface area contributed by atoms with Crippen LogP contribution >= 0.6 is 0 Å². The second kappa shape index (κ2) is 12.1. The quantitative estimate of drug-likeness (QED) is 0.322. The summed E-state index contributed by atoms with van der Waals surface area (Å²) in [5, 5.41) is 0. The third-order valence-corrected chi connectivity index (χ3v) is 2.96. The Bertz CT molecular complexity index is 114. The highest BCUT2D eigenvalue weighted by Gasteiger charge is 2.09. The van der Waals surface area contributed by atoms with Gasteiger partial charge >= 0.3 is 7.48 Å². The van der Waals surface area contributed by atoms with Gasteiger partial charge < -0.3 is 4.76 Å². The lowest BCUT2D eigenvalue weighted by Crippen LogP contribution is -2.11. The van der Waals surface area contributed by atoms with Gasteiger partial charge in [0.1, 0.15) is 0 Å². The Balaban J connectivity index is 3.49. The average molecular weight is 212 g/mol. The van der Waals surface area contributed by atoms with Crippen LogP contribution in [0.2, 0.25) is 6.32 Å². The number of nitrogens with two attached hydrogens (primary N) is 1. The van der Waals surface area contributed by atoms with Gasteiger partial charge in [-0.15, -0.1) is 0 Å². The summed E-state index contributed by atoms with van der Waals surface area (Å²) in [6, 6.07) is 0. The Morgan fingerprint density at radius 2 is 1.67 bits per heavy atom. The summed E-state index contributed by atoms with van der Waals surface area (Å²) >= 11 is 0. The van der Waals surface area contributed by atoms with Crippen molar-refractivity contribution in [2.24, 2.45) is 11.8 Å². The van der Waals surface area contributed by atoms with Crippen molar-refractivity contribution in [1.82, 2.24) is 0 Å². The lowest BCUT2D eigenvalue weighted by Gasteiger charge is -2.15. The molecule has 0 rings (SSSR count). The number of hydrogen-bond acceptors (Lipinski definition) is 2. The Hall–Kier alpha value is -0.0151. The highest BCUT2D eigenvalue weighted by Crippen LogP contribution is 2.20. The molecule has 0 spiro atoms. The first-order valence-electron chi connectivity index (χ1n) is 6.52. The van der Waals surface area contributed by atoms with Crippen LogP contribution in [0.25, 0.3) is 0 Å². The Morgan fingerprint density at radius 3 is 2.27 bits per heavy atom. The zero-order valence-electron chi connectivity index (χ0n) is 10.5. The van der Waals surface area contributed by atoms with E-state index in [-0.39, 0.29) is 0 Å². The number of unbranched alkanes of at least 4 members (excludes halogenated alkanes) is 4. The molecule has 0 aliphatic carbocycles. The molecule has 3 heteroatoms. The van der Waals surface area contributed by atoms with E-state index in [1.807, 2.05) is 0 Å². The van der Waals surface area contributed by atoms with Crippen LogP contribution < -0.4 is 5.90 Å². The molecule has 0 aromatic carbocycles. The summed E-state index contributed by atoms with van der Waals surface area (Å²) in [6.45, 7) is 4.50. The molecule has 0 aliphatic heterocycles. The predicted molar refractivity (Wildman–Crippen MR) is 67.6 cm³/mol. The van der Waals surface area contributed by atoms with E-state index in [4.69, 9.17) is 5.90 Å². The lowest BCUT2D eigenvalue weighted by atomic mass is 9.80. The van der Waals surface area contributed by atoms with Crippen molar-refractivity contribution < 1.29 is 4.76 Å². The van der Waals surface area contributed by atoms with Crippen molar-refractivity contribution in [2.75, 3.05) is 0 Å². The van der Waals surface area contributed by atoms with E-state index in [1.165, 1.54) is 51.4 Å². The van der Waals surface area contributed by atoms with Crippen molar-refractivity contribution in [1.29, 1.82) is 0 Å². The maximum Gasteiger partial charge on any atom is 0.324 e. The van der Waals surface area contributed by atoms with Crippen LogP contribution in [-0.4, -0.2) is 7.48 Å². The van der Waals surface area contributed by atoms with E-state index < -0.39 is 0 Å². The molecule has 0 aliphatic rings. The van der Waals surface area contributed by atoms with E-state index in [0.29, 0.717) is 0 Å². The molecular formula is C12H27BNO. The molecule has 0 aromatic rings. The molecule has 15 heavy (non-hydrogen) atoms. The molecular weight excluding hydrogens is 185 g/mol. The predicted octanol–water partition coefficient (Wildman–Crippen LogP) is 3.69. The van der Waals surface area contributed by atoms with Gasteiger partial charge in [0.2, 0.25) is 0 Å². The fourth-order valence-corrected chi connectivity index (χ4v) is 1.92. The van der Waals surface area contributed by atoms with Gasteiger partial charge in [-0.2, -0.15) is 0 Å². The number of rotatable bonds is 11. The van der Waals surface area contributed by atoms with Gasteiger partial charge in [0.25, 0.3) is 0 Å². The molecule has 1 radical (unpaired) electrons. The van der Waals surface area contributed by atoms with Gasteiger partial charge in [-0.25, -0.2) is 5.90 Å². The smallest absolute Gasteiger partial charge is 0.324 e. The molecule has 2 N–H and O–H groups in total. The molecule has 0 saturated heterocycles. The first-order valence-corrected chi connectivity index (χ1v) is 6.52. The minimum absolute atomic E-state index is 0.783. The monoisotopic (exact) mass is 212 g/mol. The van der Waals surface area contributed by atoms with Crippen LogP contribution in [0.4, 0.5) is 0 Å². The summed E-state index contributed by atoms with van der Waals surface area (Å²) < 4.78 is 4.55. The van der Waals surface area contributed by atoms with Crippen LogP contribution in [0.3, 0.4) is 0 Å². The second-order valence-electron chi connectivity index (χ2n) is 4.40. The number of hydrogen-bond donors (Lipinski definition) is 1. The first-order chi connectivity index (χ1) is 7.35. The van der Waals surface area contributed by atoms with E-state index in [0.717, 1.165) is 12.2 Å². The summed E-state index contributed by atoms with van der Waals surface area (Å²) in [5.74, 6) is 5.81. The maximum absolute atomic E-state index is 5.03. The van der Waals surface area contributed by atoms with E-state index in [1.54, 1.807) is 7.48 Å². The summed E-state index contributed by atoms with van der Waals surface area (Å²) in [5.41, 5.74) is 0. The van der Waals surface area contributed by atoms with Gasteiger partial charge in [-0.1, -0.05) is 65.2 Å². The fraction of sp³-hybridized carbons (Fsp3) is 1.00. The normalized spacial score (nSPS) is 12.7. The Morgan fingerprint density at radius 1 is 1.00 bits per heavy atom. The SMILES string of the molecule is CCCCCCC(C[B]ON)CCCC. The van der Waals surface area contributed by atoms with Crippen molar-refractivity contribution >= 4 is 7.48 Å². The first kappa shape index (κ1) is 15.0. The summed E-state index contributed by atoms with van der Waals surface area (Å²) in [4.78, 5) is 0. The highest BCUT2D eigenvalue weighted by molar-refractivity contribution is 6.26. The molecule has 1 atom stereocenters. The molecule has 0 amide bonds. The van der Waals surface area contributed by atoms with Crippen molar-refractivity contribution in [3.05, 3.63) is 0 Å². The van der Waals surface area contributed by atoms with E-state index in [2.05, 4.69) is 18.6 Å². The Kier molecular flexibility index (Phi) is 12.0.